The lowest BCUT2D eigenvalue weighted by atomic mass is 10.1. The molecule has 1 N–H and O–H groups in total. The molecule has 2 rings (SSSR count). The molecule has 1 heterocycles. The molecule has 0 saturated carbocycles. The van der Waals surface area contributed by atoms with E-state index in [2.05, 4.69) is 10.1 Å². The lowest BCUT2D eigenvalue weighted by Gasteiger charge is -2.26. The average molecular weight is 247 g/mol. The summed E-state index contributed by atoms with van der Waals surface area (Å²) in [7, 11) is 1.25. The number of ether oxygens (including phenoxy) is 2. The second kappa shape index (κ2) is 5.35. The summed E-state index contributed by atoms with van der Waals surface area (Å²) in [4.78, 5) is 22.6. The highest BCUT2D eigenvalue weighted by Crippen LogP contribution is 2.19. The van der Waals surface area contributed by atoms with Crippen molar-refractivity contribution < 1.29 is 19.1 Å². The van der Waals surface area contributed by atoms with Crippen LogP contribution in [0.1, 0.15) is 11.6 Å². The molecule has 1 fully saturated rings. The number of morpholine rings is 1. The van der Waals surface area contributed by atoms with Crippen LogP contribution in [0.3, 0.4) is 0 Å². The van der Waals surface area contributed by atoms with Crippen LogP contribution in [0.4, 0.5) is 0 Å². The van der Waals surface area contributed by atoms with E-state index in [1.165, 1.54) is 7.11 Å². The molecule has 94 valence electrons. The van der Waals surface area contributed by atoms with Crippen LogP contribution >= 0.6 is 0 Å². The molecule has 18 heavy (non-hydrogen) atoms. The van der Waals surface area contributed by atoms with Gasteiger partial charge in [0.15, 0.2) is 0 Å². The van der Waals surface area contributed by atoms with Crippen molar-refractivity contribution in [2.24, 2.45) is 0 Å². The molecular formula is C13H13NO4. The Morgan fingerprint density at radius 1 is 1.44 bits per heavy atom. The summed E-state index contributed by atoms with van der Waals surface area (Å²) in [6.45, 7) is 0.237. The highest BCUT2D eigenvalue weighted by Gasteiger charge is 2.25. The fraction of sp³-hybridized carbons (Fsp3) is 0.231. The maximum Gasteiger partial charge on any atom is 0.354 e. The minimum absolute atomic E-state index is 0.113. The number of carbonyl (C=O) groups excluding carboxylic acids is 2. The van der Waals surface area contributed by atoms with Crippen molar-refractivity contribution in [1.82, 2.24) is 5.32 Å². The molecule has 1 aliphatic heterocycles. The predicted molar refractivity (Wildman–Crippen MR) is 63.4 cm³/mol. The molecule has 5 heteroatoms. The second-order valence-electron chi connectivity index (χ2n) is 3.79. The third-order valence-electron chi connectivity index (χ3n) is 2.60. The van der Waals surface area contributed by atoms with Crippen LogP contribution in [-0.2, 0) is 19.1 Å². The summed E-state index contributed by atoms with van der Waals surface area (Å²) in [5.74, 6) is -1.14. The van der Waals surface area contributed by atoms with E-state index in [9.17, 15) is 9.59 Å². The SMILES string of the molecule is COC(=O)C=C1N[C@H](c2ccccc2)COC1=O. The predicted octanol–water partition coefficient (Wildman–Crippen LogP) is 0.931. The number of rotatable bonds is 2. The van der Waals surface area contributed by atoms with Gasteiger partial charge in [-0.2, -0.15) is 0 Å². The van der Waals surface area contributed by atoms with Gasteiger partial charge in [0, 0.05) is 0 Å². The molecule has 1 atom stereocenters. The van der Waals surface area contributed by atoms with Crippen molar-refractivity contribution in [1.29, 1.82) is 0 Å². The van der Waals surface area contributed by atoms with Crippen molar-refractivity contribution in [3.8, 4) is 0 Å². The number of methoxy groups -OCH3 is 1. The van der Waals surface area contributed by atoms with Gasteiger partial charge in [-0.05, 0) is 5.56 Å². The van der Waals surface area contributed by atoms with Crippen molar-refractivity contribution in [3.63, 3.8) is 0 Å². The minimum atomic E-state index is -0.594. The first-order chi connectivity index (χ1) is 8.70. The minimum Gasteiger partial charge on any atom is -0.466 e. The standard InChI is InChI=1S/C13H13NO4/c1-17-12(15)7-10-13(16)18-8-11(14-10)9-5-3-2-4-6-9/h2-7,11,14H,8H2,1H3/t11-/m0/s1. The highest BCUT2D eigenvalue weighted by molar-refractivity contribution is 5.96. The van der Waals surface area contributed by atoms with Gasteiger partial charge in [0.2, 0.25) is 0 Å². The number of carbonyl (C=O) groups is 2. The van der Waals surface area contributed by atoms with E-state index in [1.807, 2.05) is 30.3 Å². The van der Waals surface area contributed by atoms with Gasteiger partial charge in [-0.3, -0.25) is 0 Å². The van der Waals surface area contributed by atoms with E-state index >= 15 is 0 Å². The fourth-order valence-corrected chi connectivity index (χ4v) is 1.67. The zero-order valence-electron chi connectivity index (χ0n) is 9.88. The van der Waals surface area contributed by atoms with Crippen LogP contribution in [0.15, 0.2) is 42.1 Å². The van der Waals surface area contributed by atoms with E-state index in [4.69, 9.17) is 4.74 Å². The molecule has 5 nitrogen and oxygen atoms in total. The maximum atomic E-state index is 11.5. The summed E-state index contributed by atoms with van der Waals surface area (Å²) in [6.07, 6.45) is 1.09. The average Bonchev–Trinajstić information content (AvgIpc) is 2.42. The third-order valence-corrected chi connectivity index (χ3v) is 2.60. The Morgan fingerprint density at radius 2 is 2.17 bits per heavy atom. The normalized spacial score (nSPS) is 21.1. The molecular weight excluding hydrogens is 234 g/mol. The van der Waals surface area contributed by atoms with Crippen molar-refractivity contribution in [2.75, 3.05) is 13.7 Å². The van der Waals surface area contributed by atoms with Gasteiger partial charge in [0.25, 0.3) is 0 Å². The van der Waals surface area contributed by atoms with Gasteiger partial charge in [-0.15, -0.1) is 0 Å². The molecule has 0 amide bonds. The van der Waals surface area contributed by atoms with Crippen molar-refractivity contribution >= 4 is 11.9 Å². The van der Waals surface area contributed by atoms with E-state index < -0.39 is 11.9 Å². The van der Waals surface area contributed by atoms with Crippen LogP contribution in [-0.4, -0.2) is 25.7 Å². The molecule has 1 saturated heterocycles. The van der Waals surface area contributed by atoms with Gasteiger partial charge >= 0.3 is 11.9 Å². The number of nitrogens with one attached hydrogen (secondary N) is 1. The maximum absolute atomic E-state index is 11.5. The summed E-state index contributed by atoms with van der Waals surface area (Å²) in [6, 6.07) is 9.40. The number of hydrogen-bond acceptors (Lipinski definition) is 5. The number of benzene rings is 1. The molecule has 0 aliphatic carbocycles. The smallest absolute Gasteiger partial charge is 0.354 e. The van der Waals surface area contributed by atoms with Gasteiger partial charge in [0.1, 0.15) is 12.3 Å². The van der Waals surface area contributed by atoms with Crippen LogP contribution < -0.4 is 5.32 Å². The first-order valence-electron chi connectivity index (χ1n) is 5.49. The van der Waals surface area contributed by atoms with Gasteiger partial charge in [0.05, 0.1) is 19.2 Å². The molecule has 0 radical (unpaired) electrons. The van der Waals surface area contributed by atoms with Gasteiger partial charge in [-0.1, -0.05) is 30.3 Å². The van der Waals surface area contributed by atoms with Crippen LogP contribution in [0.5, 0.6) is 0 Å². The Balaban J connectivity index is 2.17. The molecule has 0 aromatic heterocycles. The number of esters is 2. The lowest BCUT2D eigenvalue weighted by Crippen LogP contribution is -2.36. The highest BCUT2D eigenvalue weighted by atomic mass is 16.5. The van der Waals surface area contributed by atoms with Gasteiger partial charge in [-0.25, -0.2) is 9.59 Å². The Labute approximate surface area is 104 Å². The van der Waals surface area contributed by atoms with E-state index in [1.54, 1.807) is 0 Å². The largest absolute Gasteiger partial charge is 0.466 e. The third kappa shape index (κ3) is 2.68. The zero-order valence-corrected chi connectivity index (χ0v) is 9.88. The molecule has 0 unspecified atom stereocenters. The number of cyclic esters (lactones) is 1. The molecule has 0 spiro atoms. The van der Waals surface area contributed by atoms with Crippen LogP contribution in [0.2, 0.25) is 0 Å². The topological polar surface area (TPSA) is 64.6 Å². The molecule has 1 aromatic carbocycles. The fourth-order valence-electron chi connectivity index (χ4n) is 1.67. The molecule has 1 aromatic rings. The van der Waals surface area contributed by atoms with Crippen LogP contribution in [0.25, 0.3) is 0 Å². The number of hydrogen-bond donors (Lipinski definition) is 1. The Kier molecular flexibility index (Phi) is 3.62. The molecule has 1 aliphatic rings. The van der Waals surface area contributed by atoms with E-state index in [-0.39, 0.29) is 18.3 Å². The van der Waals surface area contributed by atoms with Gasteiger partial charge < -0.3 is 14.8 Å². The summed E-state index contributed by atoms with van der Waals surface area (Å²) in [5.41, 5.74) is 1.10. The summed E-state index contributed by atoms with van der Waals surface area (Å²) >= 11 is 0. The lowest BCUT2D eigenvalue weighted by molar-refractivity contribution is -0.144. The van der Waals surface area contributed by atoms with E-state index in [0.717, 1.165) is 11.6 Å². The Hall–Kier alpha value is -2.30. The summed E-state index contributed by atoms with van der Waals surface area (Å²) in [5, 5.41) is 2.97. The van der Waals surface area contributed by atoms with E-state index in [0.29, 0.717) is 0 Å². The van der Waals surface area contributed by atoms with Crippen LogP contribution in [0, 0.1) is 0 Å². The zero-order chi connectivity index (χ0) is 13.0. The summed E-state index contributed by atoms with van der Waals surface area (Å²) < 4.78 is 9.50. The molecule has 0 bridgehead atoms. The Bertz CT molecular complexity index is 481. The second-order valence-corrected chi connectivity index (χ2v) is 3.79. The van der Waals surface area contributed by atoms with Crippen molar-refractivity contribution in [2.45, 2.75) is 6.04 Å². The monoisotopic (exact) mass is 247 g/mol. The first-order valence-corrected chi connectivity index (χ1v) is 5.49. The Morgan fingerprint density at radius 3 is 2.83 bits per heavy atom. The van der Waals surface area contributed by atoms with Crippen molar-refractivity contribution in [3.05, 3.63) is 47.7 Å². The first kappa shape index (κ1) is 12.2. The quantitative estimate of drug-likeness (QED) is 0.622.